The van der Waals surface area contributed by atoms with Crippen molar-refractivity contribution >= 4 is 34.4 Å². The molecule has 0 saturated heterocycles. The minimum Gasteiger partial charge on any atom is -0.355 e. The second-order valence-electron chi connectivity index (χ2n) is 3.99. The summed E-state index contributed by atoms with van der Waals surface area (Å²) in [7, 11) is 1.64. The van der Waals surface area contributed by atoms with Crippen LogP contribution in [-0.2, 0) is 4.79 Å². The third-order valence-corrected chi connectivity index (χ3v) is 3.34. The number of amides is 2. The predicted molar refractivity (Wildman–Crippen MR) is 79.4 cm³/mol. The van der Waals surface area contributed by atoms with E-state index in [-0.39, 0.29) is 18.4 Å². The molecule has 18 heavy (non-hydrogen) atoms. The van der Waals surface area contributed by atoms with Gasteiger partial charge < -0.3 is 10.2 Å². The molecule has 0 spiro atoms. The van der Waals surface area contributed by atoms with Crippen LogP contribution in [0.25, 0.3) is 0 Å². The number of carbonyl (C=O) groups is 2. The molecule has 1 N–H and O–H groups in total. The molecule has 4 nitrogen and oxygen atoms in total. The lowest BCUT2D eigenvalue weighted by atomic mass is 10.2. The van der Waals surface area contributed by atoms with Crippen LogP contribution in [0.15, 0.2) is 24.3 Å². The van der Waals surface area contributed by atoms with E-state index in [0.717, 1.165) is 9.99 Å². The van der Waals surface area contributed by atoms with Gasteiger partial charge in [0.1, 0.15) is 0 Å². The molecule has 0 saturated carbocycles. The van der Waals surface area contributed by atoms with Crippen LogP contribution in [0.4, 0.5) is 0 Å². The van der Waals surface area contributed by atoms with Gasteiger partial charge in [0.15, 0.2) is 0 Å². The number of hydrogen-bond acceptors (Lipinski definition) is 2. The Hall–Kier alpha value is -1.11. The summed E-state index contributed by atoms with van der Waals surface area (Å²) in [5, 5.41) is 2.75. The van der Waals surface area contributed by atoms with E-state index in [9.17, 15) is 9.59 Å². The molecule has 1 rings (SSSR count). The quantitative estimate of drug-likeness (QED) is 0.816. The van der Waals surface area contributed by atoms with Crippen LogP contribution in [0.5, 0.6) is 0 Å². The first kappa shape index (κ1) is 14.9. The number of carbonyl (C=O) groups excluding carboxylic acids is 2. The molecule has 0 heterocycles. The molecular weight excluding hydrogens is 343 g/mol. The molecule has 0 bridgehead atoms. The average Bonchev–Trinajstić information content (AvgIpc) is 2.36. The summed E-state index contributed by atoms with van der Waals surface area (Å²) in [5.41, 5.74) is 0.629. The topological polar surface area (TPSA) is 49.4 Å². The van der Waals surface area contributed by atoms with Gasteiger partial charge in [-0.2, -0.15) is 0 Å². The van der Waals surface area contributed by atoms with Gasteiger partial charge in [0.2, 0.25) is 5.91 Å². The summed E-state index contributed by atoms with van der Waals surface area (Å²) in [5.74, 6) is -0.259. The molecule has 98 valence electrons. The van der Waals surface area contributed by atoms with Gasteiger partial charge in [0.25, 0.3) is 5.91 Å². The van der Waals surface area contributed by atoms with Gasteiger partial charge in [-0.1, -0.05) is 19.1 Å². The van der Waals surface area contributed by atoms with Crippen LogP contribution >= 0.6 is 22.6 Å². The van der Waals surface area contributed by atoms with E-state index in [1.54, 1.807) is 13.1 Å². The van der Waals surface area contributed by atoms with Gasteiger partial charge in [-0.15, -0.1) is 0 Å². The van der Waals surface area contributed by atoms with E-state index < -0.39 is 0 Å². The van der Waals surface area contributed by atoms with Crippen LogP contribution in [0.3, 0.4) is 0 Å². The second kappa shape index (κ2) is 7.35. The fourth-order valence-electron chi connectivity index (χ4n) is 1.45. The van der Waals surface area contributed by atoms with Crippen molar-refractivity contribution in [2.75, 3.05) is 20.1 Å². The highest BCUT2D eigenvalue weighted by atomic mass is 127. The van der Waals surface area contributed by atoms with Crippen molar-refractivity contribution in [1.82, 2.24) is 10.2 Å². The molecular formula is C13H17IN2O2. The molecule has 1 aromatic rings. The minimum absolute atomic E-state index is 0.0871. The molecule has 2 amide bonds. The number of benzene rings is 1. The van der Waals surface area contributed by atoms with Gasteiger partial charge >= 0.3 is 0 Å². The van der Waals surface area contributed by atoms with E-state index in [4.69, 9.17) is 0 Å². The average molecular weight is 360 g/mol. The van der Waals surface area contributed by atoms with Crippen LogP contribution in [0, 0.1) is 3.57 Å². The highest BCUT2D eigenvalue weighted by Crippen LogP contribution is 2.13. The number of halogens is 1. The number of nitrogens with one attached hydrogen (secondary N) is 1. The Kier molecular flexibility index (Phi) is 6.11. The maximum atomic E-state index is 12.1. The van der Waals surface area contributed by atoms with E-state index >= 15 is 0 Å². The van der Waals surface area contributed by atoms with E-state index in [2.05, 4.69) is 27.9 Å². The Labute approximate surface area is 121 Å². The first-order chi connectivity index (χ1) is 8.56. The third kappa shape index (κ3) is 4.29. The lowest BCUT2D eigenvalue weighted by Crippen LogP contribution is -2.38. The standard InChI is InChI=1S/C13H17IN2O2/c1-3-8-15-12(17)9-16(2)13(18)10-6-4-5-7-11(10)14/h4-7H,3,8-9H2,1-2H3,(H,15,17). The Morgan fingerprint density at radius 2 is 2.00 bits per heavy atom. The van der Waals surface area contributed by atoms with Crippen molar-refractivity contribution in [3.05, 3.63) is 33.4 Å². The highest BCUT2D eigenvalue weighted by Gasteiger charge is 2.16. The van der Waals surface area contributed by atoms with Gasteiger partial charge in [-0.25, -0.2) is 0 Å². The number of rotatable bonds is 5. The lowest BCUT2D eigenvalue weighted by molar-refractivity contribution is -0.121. The molecule has 0 unspecified atom stereocenters. The Morgan fingerprint density at radius 1 is 1.33 bits per heavy atom. The zero-order valence-electron chi connectivity index (χ0n) is 10.6. The van der Waals surface area contributed by atoms with Gasteiger partial charge in [0, 0.05) is 17.2 Å². The number of nitrogens with zero attached hydrogens (tertiary/aromatic N) is 1. The Morgan fingerprint density at radius 3 is 2.61 bits per heavy atom. The second-order valence-corrected chi connectivity index (χ2v) is 5.15. The monoisotopic (exact) mass is 360 g/mol. The molecule has 0 atom stereocenters. The summed E-state index contributed by atoms with van der Waals surface area (Å²) in [6.07, 6.45) is 0.889. The zero-order chi connectivity index (χ0) is 13.5. The maximum Gasteiger partial charge on any atom is 0.255 e. The van der Waals surface area contributed by atoms with Crippen LogP contribution in [0.2, 0.25) is 0 Å². The van der Waals surface area contributed by atoms with E-state index in [1.165, 1.54) is 4.90 Å². The van der Waals surface area contributed by atoms with E-state index in [0.29, 0.717) is 12.1 Å². The summed E-state index contributed by atoms with van der Waals surface area (Å²) < 4.78 is 0.890. The lowest BCUT2D eigenvalue weighted by Gasteiger charge is -2.17. The van der Waals surface area contributed by atoms with Crippen molar-refractivity contribution in [3.8, 4) is 0 Å². The van der Waals surface area contributed by atoms with Crippen LogP contribution < -0.4 is 5.32 Å². The molecule has 0 aliphatic carbocycles. The SMILES string of the molecule is CCCNC(=O)CN(C)C(=O)c1ccccc1I. The fraction of sp³-hybridized carbons (Fsp3) is 0.385. The van der Waals surface area contributed by atoms with Crippen molar-refractivity contribution in [2.24, 2.45) is 0 Å². The normalized spacial score (nSPS) is 9.94. The first-order valence-electron chi connectivity index (χ1n) is 5.83. The molecule has 5 heteroatoms. The maximum absolute atomic E-state index is 12.1. The summed E-state index contributed by atoms with van der Waals surface area (Å²) in [4.78, 5) is 25.1. The van der Waals surface area contributed by atoms with Crippen molar-refractivity contribution < 1.29 is 9.59 Å². The van der Waals surface area contributed by atoms with Gasteiger partial charge in [-0.05, 0) is 41.1 Å². The van der Waals surface area contributed by atoms with Gasteiger partial charge in [0.05, 0.1) is 12.1 Å². The molecule has 0 aliphatic rings. The van der Waals surface area contributed by atoms with Crippen molar-refractivity contribution in [1.29, 1.82) is 0 Å². The molecule has 0 radical (unpaired) electrons. The highest BCUT2D eigenvalue weighted by molar-refractivity contribution is 14.1. The first-order valence-corrected chi connectivity index (χ1v) is 6.90. The Bertz CT molecular complexity index is 435. The largest absolute Gasteiger partial charge is 0.355 e. The van der Waals surface area contributed by atoms with E-state index in [1.807, 2.05) is 25.1 Å². The predicted octanol–water partition coefficient (Wildman–Crippen LogP) is 1.89. The number of likely N-dealkylation sites (N-methyl/N-ethyl adjacent to an activating group) is 1. The molecule has 0 aliphatic heterocycles. The van der Waals surface area contributed by atoms with Crippen molar-refractivity contribution in [3.63, 3.8) is 0 Å². The molecule has 0 aromatic heterocycles. The van der Waals surface area contributed by atoms with Crippen LogP contribution in [-0.4, -0.2) is 36.9 Å². The minimum atomic E-state index is -0.133. The zero-order valence-corrected chi connectivity index (χ0v) is 12.7. The summed E-state index contributed by atoms with van der Waals surface area (Å²) in [6, 6.07) is 7.34. The fourth-order valence-corrected chi connectivity index (χ4v) is 2.07. The van der Waals surface area contributed by atoms with Crippen molar-refractivity contribution in [2.45, 2.75) is 13.3 Å². The number of hydrogen-bond donors (Lipinski definition) is 1. The smallest absolute Gasteiger partial charge is 0.255 e. The van der Waals surface area contributed by atoms with Crippen LogP contribution in [0.1, 0.15) is 23.7 Å². The molecule has 1 aromatic carbocycles. The Balaban J connectivity index is 2.62. The summed E-state index contributed by atoms with van der Waals surface area (Å²) in [6.45, 7) is 2.72. The third-order valence-electron chi connectivity index (χ3n) is 2.40. The van der Waals surface area contributed by atoms with Gasteiger partial charge in [-0.3, -0.25) is 9.59 Å². The summed E-state index contributed by atoms with van der Waals surface area (Å²) >= 11 is 2.12. The molecule has 0 fully saturated rings.